The molecule has 3 saturated heterocycles. The van der Waals surface area contributed by atoms with Gasteiger partial charge in [-0.15, -0.1) is 34.0 Å². The molecule has 748 valence electrons. The van der Waals surface area contributed by atoms with Crippen molar-refractivity contribution in [3.05, 3.63) is 191 Å². The number of carboxylic acid groups (broad SMARTS) is 1. The van der Waals surface area contributed by atoms with Crippen LogP contribution in [0.5, 0.6) is 17.2 Å². The zero-order valence-electron chi connectivity index (χ0n) is 82.2. The number of fused-ring (bicyclic) bond motifs is 4. The number of carbonyl (C=O) groups is 7. The lowest BCUT2D eigenvalue weighted by molar-refractivity contribution is -0.384. The summed E-state index contributed by atoms with van der Waals surface area (Å²) in [5.41, 5.74) is 5.74. The third kappa shape index (κ3) is 27.5. The molecule has 6 heterocycles. The van der Waals surface area contributed by atoms with Crippen LogP contribution in [-0.2, 0) is 99.9 Å². The van der Waals surface area contributed by atoms with Gasteiger partial charge in [0.2, 0.25) is 20.0 Å². The van der Waals surface area contributed by atoms with Crippen LogP contribution in [0.25, 0.3) is 0 Å². The molecule has 36 heteroatoms. The van der Waals surface area contributed by atoms with Crippen molar-refractivity contribution in [2.24, 2.45) is 45.8 Å². The van der Waals surface area contributed by atoms with Crippen LogP contribution in [0.1, 0.15) is 230 Å². The number of sulfonamides is 2. The third-order valence-electron chi connectivity index (χ3n) is 25.6. The SMILES string of the molecule is CC(=O)c1c(NC(=O)Oc2ccc([N+](=O)[O-])cc2)sc2c1CC(C)(C)CC2.COc1ccc(S(=O)(=O)N(CC(C)C)C[C@@H](O)[C@@H](CC(=O)O[C@H]2CO[C@@]3(C)OCC[C@@H]23)Cc2ccc(NC(=O)Nc3sc4c(c3C(=O)O)CC(C)(C)CC4)cc2)cc1.COc1ccc(S(=O)(=O)N(CC(C)C)C[C@H]2OC(C)(C)C[C@H]2Cc2ccc(NC(=O)Nc3sc4c(c3C(=O)OC(C)(C)C)CC(C)(C)CC4)cc2)cc1. The van der Waals surface area contributed by atoms with Gasteiger partial charge in [-0.3, -0.25) is 35.7 Å². The maximum Gasteiger partial charge on any atom is 0.417 e. The number of esters is 2. The fourth-order valence-corrected chi connectivity index (χ4v) is 25.6. The van der Waals surface area contributed by atoms with Gasteiger partial charge in [-0.25, -0.2) is 40.8 Å². The number of aliphatic hydroxyl groups excluding tert-OH is 1. The standard InChI is InChI=1S/C42H55N3O11S2.C41H57N3O7S2.C19H20N2O5S/c1-25(2)22-45(58(51,52)30-13-11-29(53-6)12-14-30)23-33(46)27(20-36(47)56-34-24-55-42(5)32(34)16-18-54-42)19-26-7-9-28(10-8-26)43-40(50)44-38-37(39(48)49)31-21-41(3,4)17-15-35(31)57-38;1-26(2)24-44(53(47,48)31-17-15-30(49-10)16-18-31)25-33-28(22-41(8,9)50-33)21-27-11-13-29(14-12-27)42-38(46)43-36-35(37(45)51-39(3,4)5)32-23-40(6,7)20-19-34(32)52-36;1-11(22)16-14-10-19(2,3)9-8-15(14)27-17(16)20-18(23)26-13-6-4-12(5-7-13)21(24)25/h7-14,25,27,32-34,46H,15-24H2,1-6H3,(H,48,49)(H2,43,44,50);11-18,26,28,33H,19-25H2,1-10H3,(H2,42,43,46);4-7H,8-10H2,1-3H3,(H,20,23)/t27-,32+,33-,34+,42-;28-,33-;/m11./s1. The Bertz CT molecular complexity index is 5960. The summed E-state index contributed by atoms with van der Waals surface area (Å²) in [6, 6.07) is 31.3. The van der Waals surface area contributed by atoms with Crippen molar-refractivity contribution in [3.63, 3.8) is 0 Å². The molecule has 0 saturated carbocycles. The summed E-state index contributed by atoms with van der Waals surface area (Å²) >= 11 is 4.16. The lowest BCUT2D eigenvalue weighted by Crippen LogP contribution is -2.43. The van der Waals surface area contributed by atoms with E-state index in [1.54, 1.807) is 72.1 Å². The number of hydrogen-bond donors (Lipinski definition) is 7. The topological polar surface area (TPSA) is 412 Å². The van der Waals surface area contributed by atoms with E-state index in [4.69, 9.17) is 37.9 Å². The number of urea groups is 2. The van der Waals surface area contributed by atoms with Crippen LogP contribution in [-0.4, -0.2) is 171 Å². The van der Waals surface area contributed by atoms with Crippen molar-refractivity contribution >= 4 is 128 Å². The lowest BCUT2D eigenvalue weighted by Gasteiger charge is -2.30. The fourth-order valence-electron chi connectivity index (χ4n) is 18.7. The molecule has 3 aromatic heterocycles. The summed E-state index contributed by atoms with van der Waals surface area (Å²) < 4.78 is 104. The summed E-state index contributed by atoms with van der Waals surface area (Å²) in [5, 5.41) is 47.9. The summed E-state index contributed by atoms with van der Waals surface area (Å²) in [6.45, 7) is 34.9. The average Bonchev–Trinajstić information content (AvgIpc) is 1.76. The van der Waals surface area contributed by atoms with Gasteiger partial charge in [-0.1, -0.05) is 93.5 Å². The smallest absolute Gasteiger partial charge is 0.417 e. The van der Waals surface area contributed by atoms with Crippen LogP contribution in [0.2, 0.25) is 0 Å². The number of carbonyl (C=O) groups excluding carboxylic acids is 6. The molecule has 8 aromatic rings. The average molecular weight is 2000 g/mol. The van der Waals surface area contributed by atoms with E-state index in [-0.39, 0.29) is 118 Å². The highest BCUT2D eigenvalue weighted by Crippen LogP contribution is 2.49. The number of thiophene rings is 3. The molecule has 7 atom stereocenters. The zero-order chi connectivity index (χ0) is 101. The minimum atomic E-state index is -4.05. The minimum Gasteiger partial charge on any atom is -0.497 e. The summed E-state index contributed by atoms with van der Waals surface area (Å²) in [4.78, 5) is 104. The van der Waals surface area contributed by atoms with Crippen LogP contribution < -0.4 is 40.8 Å². The number of ketones is 1. The Morgan fingerprint density at radius 1 is 0.587 bits per heavy atom. The van der Waals surface area contributed by atoms with E-state index >= 15 is 0 Å². The van der Waals surface area contributed by atoms with Crippen molar-refractivity contribution in [1.29, 1.82) is 0 Å². The van der Waals surface area contributed by atoms with Gasteiger partial charge in [0.25, 0.3) is 5.69 Å². The molecule has 0 bridgehead atoms. The Balaban J connectivity index is 0.000000197. The van der Waals surface area contributed by atoms with Gasteiger partial charge in [0, 0.05) is 70.2 Å². The normalized spacial score (nSPS) is 19.8. The molecule has 0 radical (unpaired) electrons. The van der Waals surface area contributed by atoms with Crippen LogP contribution in [0.3, 0.4) is 0 Å². The predicted octanol–water partition coefficient (Wildman–Crippen LogP) is 20.5. The Morgan fingerprint density at radius 2 is 1.04 bits per heavy atom. The van der Waals surface area contributed by atoms with Crippen LogP contribution in [0.15, 0.2) is 131 Å². The van der Waals surface area contributed by atoms with E-state index in [0.717, 1.165) is 100 Å². The van der Waals surface area contributed by atoms with Gasteiger partial charge in [0.15, 0.2) is 11.6 Å². The number of aliphatic hydroxyl groups is 1. The number of aromatic carboxylic acids is 1. The van der Waals surface area contributed by atoms with Gasteiger partial charge in [0.1, 0.15) is 44.0 Å². The van der Waals surface area contributed by atoms with Crippen molar-refractivity contribution < 1.29 is 103 Å². The number of methoxy groups -OCH3 is 2. The summed E-state index contributed by atoms with van der Waals surface area (Å²) in [5.74, 6) is -2.42. The maximum absolute atomic E-state index is 13.9. The summed E-state index contributed by atoms with van der Waals surface area (Å²) in [6.07, 6.45) is 6.95. The van der Waals surface area contributed by atoms with Crippen LogP contribution >= 0.6 is 34.0 Å². The third-order valence-corrected chi connectivity index (χ3v) is 32.9. The van der Waals surface area contributed by atoms with Gasteiger partial charge in [-0.05, 0) is 279 Å². The highest BCUT2D eigenvalue weighted by Gasteiger charge is 2.53. The number of nitro groups is 1. The Hall–Kier alpha value is -10.3. The first-order valence-corrected chi connectivity index (χ1v) is 52.1. The fraction of sp³-hybridized carbons (Fsp3) is 0.520. The molecule has 5 amide bonds. The number of carboxylic acids is 1. The van der Waals surface area contributed by atoms with Crippen LogP contribution in [0, 0.1) is 55.9 Å². The van der Waals surface area contributed by atoms with Gasteiger partial charge in [-0.2, -0.15) is 8.61 Å². The highest BCUT2D eigenvalue weighted by molar-refractivity contribution is 7.89. The van der Waals surface area contributed by atoms with Crippen molar-refractivity contribution in [2.75, 3.05) is 80.2 Å². The molecule has 0 spiro atoms. The number of aryl methyl sites for hydroxylation is 3. The molecule has 3 aliphatic heterocycles. The summed E-state index contributed by atoms with van der Waals surface area (Å²) in [7, 11) is -4.78. The van der Waals surface area contributed by atoms with Gasteiger partial charge >= 0.3 is 36.1 Å². The van der Waals surface area contributed by atoms with Crippen molar-refractivity contribution in [3.8, 4) is 17.2 Å². The lowest BCUT2D eigenvalue weighted by atomic mass is 9.76. The first kappa shape index (κ1) is 107. The highest BCUT2D eigenvalue weighted by atomic mass is 32.2. The molecule has 138 heavy (non-hydrogen) atoms. The number of amides is 5. The molecule has 14 rings (SSSR count). The van der Waals surface area contributed by atoms with Crippen molar-refractivity contribution in [1.82, 2.24) is 8.61 Å². The molecular weight excluding hydrogens is 1870 g/mol. The first-order valence-electron chi connectivity index (χ1n) is 46.8. The molecule has 7 N–H and O–H groups in total. The molecule has 3 aliphatic carbocycles. The van der Waals surface area contributed by atoms with Crippen molar-refractivity contribution in [2.45, 2.75) is 253 Å². The molecule has 5 aromatic carbocycles. The number of ether oxygens (including phenoxy) is 8. The monoisotopic (exact) mass is 2000 g/mol. The Kier molecular flexibility index (Phi) is 33.9. The van der Waals surface area contributed by atoms with Gasteiger partial charge in [0.05, 0.1) is 89.0 Å². The number of Topliss-reactive ketones (excluding diaryl/α,β-unsaturated/α-hetero) is 1. The number of benzene rings is 5. The number of hydrogen-bond acceptors (Lipinski definition) is 25. The van der Waals surface area contributed by atoms with E-state index in [1.807, 2.05) is 79.7 Å². The Labute approximate surface area is 821 Å². The van der Waals surface area contributed by atoms with E-state index in [2.05, 4.69) is 82.0 Å². The largest absolute Gasteiger partial charge is 0.497 e. The Morgan fingerprint density at radius 3 is 1.51 bits per heavy atom. The number of nitrogens with one attached hydrogen (secondary N) is 5. The second kappa shape index (κ2) is 43.9. The zero-order valence-corrected chi connectivity index (χ0v) is 86.2. The number of anilines is 5. The van der Waals surface area contributed by atoms with E-state index in [0.29, 0.717) is 81.4 Å². The quantitative estimate of drug-likeness (QED) is 0.00891. The predicted molar refractivity (Wildman–Crippen MR) is 533 cm³/mol. The molecule has 0 unspecified atom stereocenters. The maximum atomic E-state index is 13.9. The molecule has 6 aliphatic rings. The van der Waals surface area contributed by atoms with E-state index in [9.17, 15) is 70.7 Å². The van der Waals surface area contributed by atoms with Crippen LogP contribution in [0.4, 0.5) is 46.4 Å². The molecule has 31 nitrogen and oxygen atoms in total. The molecular formula is C102H132N8O23S5. The van der Waals surface area contributed by atoms with E-state index < -0.39 is 96.1 Å². The first-order chi connectivity index (χ1) is 64.7. The van der Waals surface area contributed by atoms with Gasteiger partial charge < -0.3 is 58.7 Å². The second-order valence-electron chi connectivity index (χ2n) is 41.5. The number of nitro benzene ring substituents is 1. The number of rotatable bonds is 32. The minimum absolute atomic E-state index is 0.0324. The molecule has 3 fully saturated rings. The number of nitrogens with zero attached hydrogens (tertiary/aromatic N) is 3. The van der Waals surface area contributed by atoms with E-state index in [1.165, 1.54) is 88.7 Å². The second-order valence-corrected chi connectivity index (χ2v) is 48.7. The number of non-ortho nitro benzene ring substituents is 1.